The molecule has 0 saturated carbocycles. The number of carbonyl (C=O) groups excluding carboxylic acids is 1. The Balaban J connectivity index is 1.58. The second-order valence-corrected chi connectivity index (χ2v) is 9.48. The molecule has 2 aromatic rings. The summed E-state index contributed by atoms with van der Waals surface area (Å²) in [6.45, 7) is 2.35. The fourth-order valence-corrected chi connectivity index (χ4v) is 5.66. The number of thioether (sulfide) groups is 1. The van der Waals surface area contributed by atoms with Gasteiger partial charge < -0.3 is 9.32 Å². The second kappa shape index (κ2) is 7.24. The van der Waals surface area contributed by atoms with Gasteiger partial charge in [0.2, 0.25) is 5.91 Å². The standard InChI is InChI=1S/C14H17N3O4S3/c1-2-17(10-5-7-24(19,20)9-10)12(18)8-23-14-16-15-13(21-14)11-4-3-6-22-11/h3-4,6,10H,2,5,7-9H2,1H3/t10-/m1/s1. The van der Waals surface area contributed by atoms with Gasteiger partial charge in [-0.3, -0.25) is 4.79 Å². The summed E-state index contributed by atoms with van der Waals surface area (Å²) in [7, 11) is -3.01. The highest BCUT2D eigenvalue weighted by Gasteiger charge is 2.33. The van der Waals surface area contributed by atoms with Gasteiger partial charge in [-0.1, -0.05) is 17.8 Å². The first kappa shape index (κ1) is 17.4. The van der Waals surface area contributed by atoms with E-state index in [1.807, 2.05) is 24.4 Å². The molecule has 3 rings (SSSR count). The van der Waals surface area contributed by atoms with Gasteiger partial charge in [0.15, 0.2) is 9.84 Å². The van der Waals surface area contributed by atoms with Crippen molar-refractivity contribution in [3.05, 3.63) is 17.5 Å². The van der Waals surface area contributed by atoms with Gasteiger partial charge in [-0.15, -0.1) is 21.5 Å². The van der Waals surface area contributed by atoms with Gasteiger partial charge in [-0.2, -0.15) is 0 Å². The minimum absolute atomic E-state index is 0.0559. The van der Waals surface area contributed by atoms with Crippen LogP contribution in [0.25, 0.3) is 10.8 Å². The molecule has 24 heavy (non-hydrogen) atoms. The summed E-state index contributed by atoms with van der Waals surface area (Å²) >= 11 is 2.67. The van der Waals surface area contributed by atoms with Gasteiger partial charge in [0.25, 0.3) is 11.1 Å². The first-order chi connectivity index (χ1) is 11.5. The molecule has 0 aliphatic carbocycles. The molecule has 1 amide bonds. The zero-order valence-electron chi connectivity index (χ0n) is 13.0. The summed E-state index contributed by atoms with van der Waals surface area (Å²) in [6, 6.07) is 3.56. The predicted molar refractivity (Wildman–Crippen MR) is 92.8 cm³/mol. The van der Waals surface area contributed by atoms with Crippen LogP contribution in [0.1, 0.15) is 13.3 Å². The molecule has 10 heteroatoms. The first-order valence-electron chi connectivity index (χ1n) is 7.48. The van der Waals surface area contributed by atoms with E-state index in [9.17, 15) is 13.2 Å². The Hall–Kier alpha value is -1.39. The van der Waals surface area contributed by atoms with E-state index in [-0.39, 0.29) is 29.2 Å². The third kappa shape index (κ3) is 3.98. The lowest BCUT2D eigenvalue weighted by molar-refractivity contribution is -0.129. The molecule has 0 unspecified atom stereocenters. The van der Waals surface area contributed by atoms with Crippen molar-refractivity contribution >= 4 is 38.8 Å². The molecule has 7 nitrogen and oxygen atoms in total. The fraction of sp³-hybridized carbons (Fsp3) is 0.500. The molecule has 3 heterocycles. The minimum atomic E-state index is -3.01. The van der Waals surface area contributed by atoms with Crippen molar-refractivity contribution < 1.29 is 17.6 Å². The average molecular weight is 388 g/mol. The summed E-state index contributed by atoms with van der Waals surface area (Å²) in [4.78, 5) is 14.9. The van der Waals surface area contributed by atoms with E-state index in [1.54, 1.807) is 4.90 Å². The molecule has 1 atom stereocenters. The maximum Gasteiger partial charge on any atom is 0.277 e. The van der Waals surface area contributed by atoms with Crippen LogP contribution in [0.3, 0.4) is 0 Å². The Morgan fingerprint density at radius 3 is 2.96 bits per heavy atom. The summed E-state index contributed by atoms with van der Waals surface area (Å²) < 4.78 is 28.7. The molecule has 1 aliphatic heterocycles. The van der Waals surface area contributed by atoms with E-state index in [4.69, 9.17) is 4.42 Å². The van der Waals surface area contributed by atoms with Crippen LogP contribution >= 0.6 is 23.1 Å². The topological polar surface area (TPSA) is 93.4 Å². The Labute approximate surface area is 148 Å². The van der Waals surface area contributed by atoms with Crippen LogP contribution in [0, 0.1) is 0 Å². The van der Waals surface area contributed by atoms with Crippen LogP contribution in [-0.2, 0) is 14.6 Å². The third-order valence-corrected chi connectivity index (χ3v) is 7.18. The van der Waals surface area contributed by atoms with Crippen molar-refractivity contribution in [2.45, 2.75) is 24.6 Å². The molecule has 130 valence electrons. The van der Waals surface area contributed by atoms with Crippen LogP contribution in [0.15, 0.2) is 27.2 Å². The van der Waals surface area contributed by atoms with Gasteiger partial charge in [0.05, 0.1) is 22.1 Å². The van der Waals surface area contributed by atoms with Crippen LogP contribution in [0.4, 0.5) is 0 Å². The molecular formula is C14H17N3O4S3. The van der Waals surface area contributed by atoms with E-state index >= 15 is 0 Å². The Morgan fingerprint density at radius 2 is 2.33 bits per heavy atom. The number of nitrogens with zero attached hydrogens (tertiary/aromatic N) is 3. The Kier molecular flexibility index (Phi) is 5.26. The highest BCUT2D eigenvalue weighted by atomic mass is 32.2. The van der Waals surface area contributed by atoms with Gasteiger partial charge >= 0.3 is 0 Å². The quantitative estimate of drug-likeness (QED) is 0.699. The fourth-order valence-electron chi connectivity index (χ4n) is 2.63. The van der Waals surface area contributed by atoms with Crippen molar-refractivity contribution in [3.63, 3.8) is 0 Å². The van der Waals surface area contributed by atoms with Crippen molar-refractivity contribution in [2.24, 2.45) is 0 Å². The summed E-state index contributed by atoms with van der Waals surface area (Å²) in [6.07, 6.45) is 0.510. The first-order valence-corrected chi connectivity index (χ1v) is 11.2. The Morgan fingerprint density at radius 1 is 1.50 bits per heavy atom. The predicted octanol–water partition coefficient (Wildman–Crippen LogP) is 1.93. The van der Waals surface area contributed by atoms with Crippen molar-refractivity contribution in [1.82, 2.24) is 15.1 Å². The lowest BCUT2D eigenvalue weighted by Gasteiger charge is -2.26. The number of amides is 1. The SMILES string of the molecule is CCN(C(=O)CSc1nnc(-c2cccs2)o1)[C@@H]1CCS(=O)(=O)C1. The lowest BCUT2D eigenvalue weighted by Crippen LogP contribution is -2.41. The smallest absolute Gasteiger partial charge is 0.277 e. The average Bonchev–Trinajstić information content (AvgIpc) is 3.26. The van der Waals surface area contributed by atoms with Crippen molar-refractivity contribution in [2.75, 3.05) is 23.8 Å². The number of hydrogen-bond acceptors (Lipinski definition) is 8. The molecule has 0 bridgehead atoms. The van der Waals surface area contributed by atoms with Crippen molar-refractivity contribution in [1.29, 1.82) is 0 Å². The summed E-state index contributed by atoms with van der Waals surface area (Å²) in [5.41, 5.74) is 0. The zero-order chi connectivity index (χ0) is 17.2. The molecule has 0 spiro atoms. The monoisotopic (exact) mass is 387 g/mol. The van der Waals surface area contributed by atoms with Crippen LogP contribution < -0.4 is 0 Å². The van der Waals surface area contributed by atoms with Gasteiger partial charge in [-0.05, 0) is 24.8 Å². The van der Waals surface area contributed by atoms with Crippen LogP contribution in [-0.4, -0.2) is 59.3 Å². The summed E-state index contributed by atoms with van der Waals surface area (Å²) in [5, 5.41) is 10.2. The molecule has 1 saturated heterocycles. The van der Waals surface area contributed by atoms with Crippen molar-refractivity contribution in [3.8, 4) is 10.8 Å². The molecule has 1 aliphatic rings. The van der Waals surface area contributed by atoms with Gasteiger partial charge in [-0.25, -0.2) is 8.42 Å². The van der Waals surface area contributed by atoms with Gasteiger partial charge in [0, 0.05) is 12.6 Å². The molecular weight excluding hydrogens is 370 g/mol. The second-order valence-electron chi connectivity index (χ2n) is 5.38. The maximum absolute atomic E-state index is 12.4. The number of thiophene rings is 1. The van der Waals surface area contributed by atoms with E-state index < -0.39 is 9.84 Å². The molecule has 0 aromatic carbocycles. The number of sulfone groups is 1. The number of rotatable bonds is 6. The largest absolute Gasteiger partial charge is 0.410 e. The van der Waals surface area contributed by atoms with Gasteiger partial charge in [0.1, 0.15) is 0 Å². The lowest BCUT2D eigenvalue weighted by atomic mass is 10.2. The Bertz CT molecular complexity index is 801. The van der Waals surface area contributed by atoms with E-state index in [0.29, 0.717) is 24.1 Å². The third-order valence-electron chi connectivity index (χ3n) is 3.77. The van der Waals surface area contributed by atoms with Crippen LogP contribution in [0.2, 0.25) is 0 Å². The molecule has 0 radical (unpaired) electrons. The number of carbonyl (C=O) groups is 1. The van der Waals surface area contributed by atoms with E-state index in [2.05, 4.69) is 10.2 Å². The highest BCUT2D eigenvalue weighted by Crippen LogP contribution is 2.27. The minimum Gasteiger partial charge on any atom is -0.410 e. The number of hydrogen-bond donors (Lipinski definition) is 0. The highest BCUT2D eigenvalue weighted by molar-refractivity contribution is 7.99. The number of aromatic nitrogens is 2. The molecule has 0 N–H and O–H groups in total. The zero-order valence-corrected chi connectivity index (χ0v) is 15.5. The molecule has 1 fully saturated rings. The maximum atomic E-state index is 12.4. The van der Waals surface area contributed by atoms with E-state index in [0.717, 1.165) is 4.88 Å². The normalized spacial score (nSPS) is 19.5. The summed E-state index contributed by atoms with van der Waals surface area (Å²) in [5.74, 6) is 0.689. The van der Waals surface area contributed by atoms with E-state index in [1.165, 1.54) is 23.1 Å². The molecule has 2 aromatic heterocycles. The van der Waals surface area contributed by atoms with Crippen LogP contribution in [0.5, 0.6) is 0 Å².